The Morgan fingerprint density at radius 1 is 1.06 bits per heavy atom. The molecule has 0 spiro atoms. The highest BCUT2D eigenvalue weighted by molar-refractivity contribution is 7.89. The van der Waals surface area contributed by atoms with E-state index in [4.69, 9.17) is 4.74 Å². The molecule has 2 heterocycles. The Morgan fingerprint density at radius 3 is 2.50 bits per heavy atom. The number of ether oxygens (including phenoxy) is 1. The van der Waals surface area contributed by atoms with Crippen molar-refractivity contribution in [3.05, 3.63) is 98.0 Å². The number of rotatable bonds is 8. The topological polar surface area (TPSA) is 96.5 Å². The summed E-state index contributed by atoms with van der Waals surface area (Å²) in [6, 6.07) is 16.8. The number of esters is 1. The summed E-state index contributed by atoms with van der Waals surface area (Å²) in [4.78, 5) is 28.6. The minimum Gasteiger partial charge on any atom is -0.462 e. The second kappa shape index (κ2) is 9.92. The van der Waals surface area contributed by atoms with Crippen LogP contribution >= 0.6 is 11.3 Å². The lowest BCUT2D eigenvalue weighted by Crippen LogP contribution is -2.32. The maximum absolute atomic E-state index is 13.6. The molecule has 0 atom stereocenters. The minimum atomic E-state index is -3.97. The van der Waals surface area contributed by atoms with Crippen molar-refractivity contribution in [1.82, 2.24) is 9.29 Å². The molecular weight excluding hydrogens is 472 g/mol. The number of aromatic nitrogens is 1. The Labute approximate surface area is 201 Å². The molecular formula is C25H24N2O5S2. The molecule has 2 aromatic carbocycles. The number of hydrogen-bond acceptors (Lipinski definition) is 6. The maximum atomic E-state index is 13.6. The van der Waals surface area contributed by atoms with Crippen LogP contribution in [-0.4, -0.2) is 30.3 Å². The number of benzene rings is 2. The lowest BCUT2D eigenvalue weighted by molar-refractivity contribution is 0.0526. The third-order valence-corrected chi connectivity index (χ3v) is 8.09. The summed E-state index contributed by atoms with van der Waals surface area (Å²) in [6.07, 6.45) is 0. The molecule has 0 aliphatic carbocycles. The van der Waals surface area contributed by atoms with Crippen LogP contribution in [0.15, 0.2) is 75.7 Å². The van der Waals surface area contributed by atoms with Gasteiger partial charge in [0, 0.05) is 23.5 Å². The van der Waals surface area contributed by atoms with Gasteiger partial charge in [0.15, 0.2) is 0 Å². The van der Waals surface area contributed by atoms with E-state index < -0.39 is 16.0 Å². The third kappa shape index (κ3) is 4.96. The Hall–Kier alpha value is -3.27. The number of sulfonamides is 1. The van der Waals surface area contributed by atoms with Crippen LogP contribution < -0.4 is 5.56 Å². The molecule has 4 rings (SSSR count). The second-order valence-electron chi connectivity index (χ2n) is 7.76. The molecule has 0 saturated heterocycles. The van der Waals surface area contributed by atoms with E-state index in [9.17, 15) is 18.0 Å². The van der Waals surface area contributed by atoms with Crippen LogP contribution in [0.5, 0.6) is 0 Å². The third-order valence-electron chi connectivity index (χ3n) is 5.43. The normalized spacial score (nSPS) is 11.7. The summed E-state index contributed by atoms with van der Waals surface area (Å²) in [6.45, 7) is 3.86. The lowest BCUT2D eigenvalue weighted by Gasteiger charge is -2.22. The smallest absolute Gasteiger partial charge is 0.338 e. The number of aromatic amines is 1. The van der Waals surface area contributed by atoms with Gasteiger partial charge in [0.2, 0.25) is 10.0 Å². The second-order valence-corrected chi connectivity index (χ2v) is 10.7. The summed E-state index contributed by atoms with van der Waals surface area (Å²) in [5, 5.41) is 2.71. The van der Waals surface area contributed by atoms with Crippen molar-refractivity contribution in [2.24, 2.45) is 0 Å². The van der Waals surface area contributed by atoms with Crippen LogP contribution in [-0.2, 0) is 27.8 Å². The van der Waals surface area contributed by atoms with E-state index in [1.54, 1.807) is 13.0 Å². The predicted octanol–water partition coefficient (Wildman–Crippen LogP) is 4.47. The molecule has 1 N–H and O–H groups in total. The standard InChI is InChI=1S/C25H24N2O5S2/c1-3-32-25(29)18-9-11-22(12-10-18)34(30,31)27(16-21-8-5-13-33-21)15-20-14-19-7-4-6-17(2)23(19)26-24(20)28/h4-14H,3,15-16H2,1-2H3,(H,26,28). The number of carbonyl (C=O) groups excluding carboxylic acids is 1. The Morgan fingerprint density at radius 2 is 1.82 bits per heavy atom. The SMILES string of the molecule is CCOC(=O)c1ccc(S(=O)(=O)N(Cc2cccs2)Cc2cc3cccc(C)c3[nH]c2=O)cc1. The Kier molecular flexibility index (Phi) is 6.97. The van der Waals surface area contributed by atoms with Crippen molar-refractivity contribution in [1.29, 1.82) is 0 Å². The average molecular weight is 497 g/mol. The lowest BCUT2D eigenvalue weighted by atomic mass is 10.1. The number of pyridine rings is 1. The molecule has 0 aliphatic heterocycles. The van der Waals surface area contributed by atoms with Crippen LogP contribution in [0.25, 0.3) is 10.9 Å². The highest BCUT2D eigenvalue weighted by Crippen LogP contribution is 2.24. The van der Waals surface area contributed by atoms with Crippen molar-refractivity contribution >= 4 is 38.2 Å². The molecule has 0 aliphatic rings. The van der Waals surface area contributed by atoms with Crippen molar-refractivity contribution < 1.29 is 17.9 Å². The van der Waals surface area contributed by atoms with Crippen LogP contribution in [0, 0.1) is 6.92 Å². The van der Waals surface area contributed by atoms with E-state index >= 15 is 0 Å². The number of nitrogens with zero attached hydrogens (tertiary/aromatic N) is 1. The molecule has 0 radical (unpaired) electrons. The molecule has 176 valence electrons. The monoisotopic (exact) mass is 496 g/mol. The first kappa shape index (κ1) is 23.9. The Bertz CT molecular complexity index is 1470. The van der Waals surface area contributed by atoms with Gasteiger partial charge in [0.1, 0.15) is 0 Å². The summed E-state index contributed by atoms with van der Waals surface area (Å²) in [5.74, 6) is -0.514. The predicted molar refractivity (Wildman–Crippen MR) is 132 cm³/mol. The van der Waals surface area contributed by atoms with Gasteiger partial charge in [-0.2, -0.15) is 4.31 Å². The van der Waals surface area contributed by atoms with Crippen molar-refractivity contribution in [3.8, 4) is 0 Å². The molecule has 7 nitrogen and oxygen atoms in total. The van der Waals surface area contributed by atoms with E-state index in [2.05, 4.69) is 4.98 Å². The van der Waals surface area contributed by atoms with Crippen LogP contribution in [0.4, 0.5) is 0 Å². The number of nitrogens with one attached hydrogen (secondary N) is 1. The van der Waals surface area contributed by atoms with E-state index in [0.717, 1.165) is 21.3 Å². The number of aryl methyl sites for hydroxylation is 1. The number of hydrogen-bond donors (Lipinski definition) is 1. The summed E-state index contributed by atoms with van der Waals surface area (Å²) in [5.41, 5.74) is 1.96. The molecule has 4 aromatic rings. The molecule has 2 aromatic heterocycles. The van der Waals surface area contributed by atoms with E-state index in [0.29, 0.717) is 5.56 Å². The molecule has 0 amide bonds. The van der Waals surface area contributed by atoms with Crippen molar-refractivity contribution in [2.45, 2.75) is 31.8 Å². The van der Waals surface area contributed by atoms with E-state index in [1.165, 1.54) is 39.9 Å². The van der Waals surface area contributed by atoms with Gasteiger partial charge >= 0.3 is 5.97 Å². The van der Waals surface area contributed by atoms with E-state index in [-0.39, 0.29) is 35.7 Å². The fraction of sp³-hybridized carbons (Fsp3) is 0.200. The number of para-hydroxylation sites is 1. The molecule has 0 bridgehead atoms. The van der Waals surface area contributed by atoms with Crippen LogP contribution in [0.1, 0.15) is 33.3 Å². The van der Waals surface area contributed by atoms with Crippen molar-refractivity contribution in [2.75, 3.05) is 6.61 Å². The van der Waals surface area contributed by atoms with Gasteiger partial charge in [-0.1, -0.05) is 24.3 Å². The maximum Gasteiger partial charge on any atom is 0.338 e. The van der Waals surface area contributed by atoms with Crippen molar-refractivity contribution in [3.63, 3.8) is 0 Å². The number of H-pyrrole nitrogens is 1. The molecule has 9 heteroatoms. The fourth-order valence-electron chi connectivity index (χ4n) is 3.66. The number of thiophene rings is 1. The zero-order valence-corrected chi connectivity index (χ0v) is 20.4. The van der Waals surface area contributed by atoms with Gasteiger partial charge in [-0.3, -0.25) is 4.79 Å². The molecule has 0 fully saturated rings. The van der Waals surface area contributed by atoms with Crippen LogP contribution in [0.3, 0.4) is 0 Å². The molecule has 0 saturated carbocycles. The van der Waals surface area contributed by atoms with Gasteiger partial charge in [0.05, 0.1) is 22.6 Å². The summed E-state index contributed by atoms with van der Waals surface area (Å²) < 4.78 is 33.5. The van der Waals surface area contributed by atoms with Gasteiger partial charge in [0.25, 0.3) is 5.56 Å². The highest BCUT2D eigenvalue weighted by Gasteiger charge is 2.27. The zero-order chi connectivity index (χ0) is 24.3. The highest BCUT2D eigenvalue weighted by atomic mass is 32.2. The first-order valence-electron chi connectivity index (χ1n) is 10.7. The van der Waals surface area contributed by atoms with Crippen LogP contribution in [0.2, 0.25) is 0 Å². The summed E-state index contributed by atoms with van der Waals surface area (Å²) in [7, 11) is -3.97. The average Bonchev–Trinajstić information content (AvgIpc) is 3.33. The largest absolute Gasteiger partial charge is 0.462 e. The molecule has 34 heavy (non-hydrogen) atoms. The first-order chi connectivity index (χ1) is 16.3. The Balaban J connectivity index is 1.71. The molecule has 0 unspecified atom stereocenters. The fourth-order valence-corrected chi connectivity index (χ4v) is 5.86. The minimum absolute atomic E-state index is 0.0326. The van der Waals surface area contributed by atoms with Gasteiger partial charge in [-0.25, -0.2) is 13.2 Å². The zero-order valence-electron chi connectivity index (χ0n) is 18.8. The summed E-state index contributed by atoms with van der Waals surface area (Å²) >= 11 is 1.44. The number of fused-ring (bicyclic) bond motifs is 1. The van der Waals surface area contributed by atoms with Gasteiger partial charge in [-0.15, -0.1) is 11.3 Å². The van der Waals surface area contributed by atoms with Gasteiger partial charge < -0.3 is 9.72 Å². The number of carbonyl (C=O) groups is 1. The van der Waals surface area contributed by atoms with E-state index in [1.807, 2.05) is 42.6 Å². The quantitative estimate of drug-likeness (QED) is 0.363. The first-order valence-corrected chi connectivity index (χ1v) is 13.0. The van der Waals surface area contributed by atoms with Gasteiger partial charge in [-0.05, 0) is 66.6 Å².